The molecule has 1 aliphatic heterocycles. The van der Waals surface area contributed by atoms with Gasteiger partial charge in [0.05, 0.1) is 0 Å². The van der Waals surface area contributed by atoms with E-state index in [0.29, 0.717) is 25.2 Å². The summed E-state index contributed by atoms with van der Waals surface area (Å²) in [7, 11) is 0. The van der Waals surface area contributed by atoms with Crippen molar-refractivity contribution in [2.45, 2.75) is 26.2 Å². The minimum absolute atomic E-state index is 0.0732. The van der Waals surface area contributed by atoms with Gasteiger partial charge in [0.1, 0.15) is 11.5 Å². The summed E-state index contributed by atoms with van der Waals surface area (Å²) in [5, 5.41) is 0. The van der Waals surface area contributed by atoms with Gasteiger partial charge in [-0.25, -0.2) is 4.98 Å². The largest absolute Gasteiger partial charge is 0.337 e. The Kier molecular flexibility index (Phi) is 5.04. The Morgan fingerprint density at radius 3 is 2.67 bits per heavy atom. The molecule has 1 fully saturated rings. The third-order valence-corrected chi connectivity index (χ3v) is 4.49. The number of aromatic nitrogens is 1. The second-order valence-electron chi connectivity index (χ2n) is 6.38. The lowest BCUT2D eigenvalue weighted by molar-refractivity contribution is -0.123. The van der Waals surface area contributed by atoms with Gasteiger partial charge in [0.2, 0.25) is 0 Å². The quantitative estimate of drug-likeness (QED) is 0.869. The first-order chi connectivity index (χ1) is 11.6. The van der Waals surface area contributed by atoms with Gasteiger partial charge in [0.25, 0.3) is 5.91 Å². The zero-order valence-corrected chi connectivity index (χ0v) is 13.9. The number of hydrogen-bond donors (Lipinski definition) is 0. The maximum absolute atomic E-state index is 12.6. The molecule has 4 nitrogen and oxygen atoms in total. The predicted molar refractivity (Wildman–Crippen MR) is 92.8 cm³/mol. The van der Waals surface area contributed by atoms with Crippen LogP contribution >= 0.6 is 0 Å². The number of likely N-dealkylation sites (tertiary alicyclic amines) is 1. The number of rotatable bonds is 4. The summed E-state index contributed by atoms with van der Waals surface area (Å²) < 4.78 is 0. The molecule has 1 aromatic heterocycles. The highest BCUT2D eigenvalue weighted by Crippen LogP contribution is 2.20. The van der Waals surface area contributed by atoms with Gasteiger partial charge in [0, 0.05) is 31.1 Å². The Morgan fingerprint density at radius 1 is 1.12 bits per heavy atom. The number of ketones is 1. The van der Waals surface area contributed by atoms with Crippen LogP contribution in [-0.4, -0.2) is 34.7 Å². The second kappa shape index (κ2) is 7.39. The molecule has 3 rings (SSSR count). The first-order valence-corrected chi connectivity index (χ1v) is 8.43. The normalized spacial score (nSPS) is 17.5. The number of benzene rings is 1. The summed E-state index contributed by atoms with van der Waals surface area (Å²) in [5.74, 6) is 0.0690. The van der Waals surface area contributed by atoms with E-state index in [0.717, 1.165) is 24.1 Å². The van der Waals surface area contributed by atoms with E-state index in [1.807, 2.05) is 49.4 Å². The third kappa shape index (κ3) is 3.88. The molecular formula is C20H22N2O2. The van der Waals surface area contributed by atoms with Crippen LogP contribution < -0.4 is 0 Å². The molecule has 1 aliphatic rings. The molecule has 2 heterocycles. The van der Waals surface area contributed by atoms with E-state index in [1.54, 1.807) is 11.0 Å². The highest BCUT2D eigenvalue weighted by atomic mass is 16.2. The van der Waals surface area contributed by atoms with Crippen molar-refractivity contribution in [1.29, 1.82) is 0 Å². The van der Waals surface area contributed by atoms with Gasteiger partial charge in [-0.15, -0.1) is 0 Å². The molecule has 1 saturated heterocycles. The molecule has 1 aromatic carbocycles. The molecule has 0 bridgehead atoms. The van der Waals surface area contributed by atoms with Crippen molar-refractivity contribution >= 4 is 11.7 Å². The van der Waals surface area contributed by atoms with Crippen LogP contribution in [0, 0.1) is 12.8 Å². The number of aryl methyl sites for hydroxylation is 1. The molecule has 1 amide bonds. The van der Waals surface area contributed by atoms with E-state index in [2.05, 4.69) is 4.98 Å². The van der Waals surface area contributed by atoms with Gasteiger partial charge in [0.15, 0.2) is 0 Å². The molecule has 1 atom stereocenters. The second-order valence-corrected chi connectivity index (χ2v) is 6.38. The van der Waals surface area contributed by atoms with E-state index in [-0.39, 0.29) is 17.6 Å². The first kappa shape index (κ1) is 16.4. The molecule has 24 heavy (non-hydrogen) atoms. The molecular weight excluding hydrogens is 300 g/mol. The van der Waals surface area contributed by atoms with Crippen molar-refractivity contribution in [3.05, 3.63) is 65.5 Å². The molecule has 0 saturated carbocycles. The summed E-state index contributed by atoms with van der Waals surface area (Å²) >= 11 is 0. The van der Waals surface area contributed by atoms with E-state index in [4.69, 9.17) is 0 Å². The summed E-state index contributed by atoms with van der Waals surface area (Å²) in [5.41, 5.74) is 2.33. The van der Waals surface area contributed by atoms with Crippen molar-refractivity contribution < 1.29 is 9.59 Å². The fourth-order valence-electron chi connectivity index (χ4n) is 3.19. The number of piperidine rings is 1. The topological polar surface area (TPSA) is 50.3 Å². The Labute approximate surface area is 142 Å². The van der Waals surface area contributed by atoms with E-state index < -0.39 is 0 Å². The zero-order chi connectivity index (χ0) is 16.9. The Hall–Kier alpha value is -2.49. The average molecular weight is 322 g/mol. The molecule has 0 N–H and O–H groups in total. The van der Waals surface area contributed by atoms with Gasteiger partial charge >= 0.3 is 0 Å². The summed E-state index contributed by atoms with van der Waals surface area (Å²) in [4.78, 5) is 31.3. The molecule has 4 heteroatoms. The fourth-order valence-corrected chi connectivity index (χ4v) is 3.19. The Bertz CT molecular complexity index is 727. The van der Waals surface area contributed by atoms with E-state index in [9.17, 15) is 9.59 Å². The van der Waals surface area contributed by atoms with Gasteiger partial charge in [-0.3, -0.25) is 9.59 Å². The molecule has 0 spiro atoms. The van der Waals surface area contributed by atoms with Gasteiger partial charge in [-0.2, -0.15) is 0 Å². The lowest BCUT2D eigenvalue weighted by Crippen LogP contribution is -2.43. The monoisotopic (exact) mass is 322 g/mol. The molecule has 0 radical (unpaired) electrons. The van der Waals surface area contributed by atoms with E-state index >= 15 is 0 Å². The minimum atomic E-state index is -0.0762. The van der Waals surface area contributed by atoms with Crippen molar-refractivity contribution in [1.82, 2.24) is 9.88 Å². The number of Topliss-reactive ketones (excluding diaryl/α,β-unsaturated/α-hetero) is 1. The van der Waals surface area contributed by atoms with Crippen LogP contribution in [0.4, 0.5) is 0 Å². The van der Waals surface area contributed by atoms with Gasteiger partial charge in [-0.05, 0) is 37.5 Å². The highest BCUT2D eigenvalue weighted by Gasteiger charge is 2.29. The number of pyridine rings is 1. The third-order valence-electron chi connectivity index (χ3n) is 4.49. The maximum atomic E-state index is 12.6. The van der Waals surface area contributed by atoms with Crippen molar-refractivity contribution in [3.63, 3.8) is 0 Å². The lowest BCUT2D eigenvalue weighted by atomic mass is 9.90. The average Bonchev–Trinajstić information content (AvgIpc) is 2.62. The Morgan fingerprint density at radius 2 is 1.92 bits per heavy atom. The summed E-state index contributed by atoms with van der Waals surface area (Å²) in [6, 6.07) is 15.2. The van der Waals surface area contributed by atoms with Gasteiger partial charge in [-0.1, -0.05) is 36.4 Å². The van der Waals surface area contributed by atoms with Crippen molar-refractivity contribution in [2.24, 2.45) is 5.92 Å². The van der Waals surface area contributed by atoms with Crippen molar-refractivity contribution in [3.8, 4) is 0 Å². The molecule has 2 aromatic rings. The predicted octanol–water partition coefficient (Wildman–Crippen LogP) is 3.05. The van der Waals surface area contributed by atoms with E-state index in [1.165, 1.54) is 0 Å². The van der Waals surface area contributed by atoms with Gasteiger partial charge < -0.3 is 4.90 Å². The van der Waals surface area contributed by atoms with Crippen molar-refractivity contribution in [2.75, 3.05) is 13.1 Å². The number of carbonyl (C=O) groups excluding carboxylic acids is 2. The number of amides is 1. The SMILES string of the molecule is Cc1cccc(C(=O)N2CCCC(C(=O)Cc3ccccc3)C2)n1. The van der Waals surface area contributed by atoms with Crippen LogP contribution in [0.5, 0.6) is 0 Å². The summed E-state index contributed by atoms with van der Waals surface area (Å²) in [6.45, 7) is 3.07. The Balaban J connectivity index is 1.65. The molecule has 1 unspecified atom stereocenters. The first-order valence-electron chi connectivity index (χ1n) is 8.43. The standard InChI is InChI=1S/C20H22N2O2/c1-15-7-5-11-18(21-15)20(24)22-12-6-10-17(14-22)19(23)13-16-8-3-2-4-9-16/h2-5,7-9,11,17H,6,10,12-14H2,1H3. The van der Waals surface area contributed by atoms with Crippen LogP contribution in [0.3, 0.4) is 0 Å². The van der Waals surface area contributed by atoms with Crippen LogP contribution in [0.25, 0.3) is 0 Å². The van der Waals surface area contributed by atoms with Crippen LogP contribution in [0.2, 0.25) is 0 Å². The lowest BCUT2D eigenvalue weighted by Gasteiger charge is -2.32. The minimum Gasteiger partial charge on any atom is -0.337 e. The number of carbonyl (C=O) groups is 2. The number of hydrogen-bond acceptors (Lipinski definition) is 3. The molecule has 124 valence electrons. The van der Waals surface area contributed by atoms with Crippen LogP contribution in [0.1, 0.15) is 34.6 Å². The van der Waals surface area contributed by atoms with Crippen LogP contribution in [0.15, 0.2) is 48.5 Å². The highest BCUT2D eigenvalue weighted by molar-refractivity contribution is 5.93. The van der Waals surface area contributed by atoms with Crippen LogP contribution in [-0.2, 0) is 11.2 Å². The molecule has 0 aliphatic carbocycles. The fraction of sp³-hybridized carbons (Fsp3) is 0.350. The zero-order valence-electron chi connectivity index (χ0n) is 13.9. The maximum Gasteiger partial charge on any atom is 0.272 e. The smallest absolute Gasteiger partial charge is 0.272 e. The summed E-state index contributed by atoms with van der Waals surface area (Å²) in [6.07, 6.45) is 2.16. The number of nitrogens with zero attached hydrogens (tertiary/aromatic N) is 2.